The number of aromatic nitrogens is 2. The number of fused-ring (bicyclic) bond motifs is 1. The Morgan fingerprint density at radius 2 is 2.07 bits per heavy atom. The lowest BCUT2D eigenvalue weighted by atomic mass is 10.2. The van der Waals surface area contributed by atoms with Crippen molar-refractivity contribution in [1.82, 2.24) is 20.0 Å². The molecule has 0 bridgehead atoms. The number of halogens is 1. The van der Waals surface area contributed by atoms with Gasteiger partial charge in [0, 0.05) is 36.6 Å². The number of aliphatic hydroxyl groups is 1. The van der Waals surface area contributed by atoms with E-state index in [0.29, 0.717) is 29.7 Å². The minimum atomic E-state index is -0.613. The first-order chi connectivity index (χ1) is 14.0. The number of carbonyl (C=O) groups excluding carboxylic acids is 1. The number of amides is 1. The van der Waals surface area contributed by atoms with E-state index in [9.17, 15) is 9.90 Å². The molecule has 1 unspecified atom stereocenters. The molecule has 1 atom stereocenters. The molecule has 0 spiro atoms. The normalized spacial score (nSPS) is 16.2. The predicted octanol–water partition coefficient (Wildman–Crippen LogP) is 2.47. The number of ether oxygens (including phenoxy) is 1. The second-order valence-electron chi connectivity index (χ2n) is 7.08. The van der Waals surface area contributed by atoms with Crippen LogP contribution < -0.4 is 5.32 Å². The Hall–Kier alpha value is -1.97. The third-order valence-electron chi connectivity index (χ3n) is 4.91. The molecule has 3 heterocycles. The summed E-state index contributed by atoms with van der Waals surface area (Å²) in [7, 11) is 0. The molecule has 7 nitrogen and oxygen atoms in total. The fourth-order valence-electron chi connectivity index (χ4n) is 3.36. The van der Waals surface area contributed by atoms with E-state index >= 15 is 0 Å². The quantitative estimate of drug-likeness (QED) is 0.623. The molecule has 1 amide bonds. The van der Waals surface area contributed by atoms with Gasteiger partial charge in [-0.3, -0.25) is 9.69 Å². The van der Waals surface area contributed by atoms with Crippen LogP contribution in [-0.4, -0.2) is 71.2 Å². The first kappa shape index (κ1) is 20.3. The molecule has 2 aromatic heterocycles. The first-order valence-electron chi connectivity index (χ1n) is 9.53. The minimum absolute atomic E-state index is 0.186. The van der Waals surface area contributed by atoms with Crippen LogP contribution in [0.4, 0.5) is 0 Å². The number of nitrogens with one attached hydrogen (secondary N) is 1. The number of benzene rings is 1. The molecule has 1 aliphatic heterocycles. The van der Waals surface area contributed by atoms with E-state index in [4.69, 9.17) is 16.3 Å². The maximum atomic E-state index is 12.6. The molecule has 0 radical (unpaired) electrons. The fourth-order valence-corrected chi connectivity index (χ4v) is 4.59. The van der Waals surface area contributed by atoms with Gasteiger partial charge in [-0.05, 0) is 37.3 Å². The van der Waals surface area contributed by atoms with Gasteiger partial charge in [0.1, 0.15) is 4.83 Å². The molecule has 4 rings (SSSR count). The Balaban J connectivity index is 1.44. The zero-order chi connectivity index (χ0) is 20.4. The van der Waals surface area contributed by atoms with Gasteiger partial charge < -0.3 is 15.2 Å². The van der Waals surface area contributed by atoms with Crippen LogP contribution in [0.2, 0.25) is 5.02 Å². The van der Waals surface area contributed by atoms with Gasteiger partial charge in [0.2, 0.25) is 0 Å². The molecule has 154 valence electrons. The van der Waals surface area contributed by atoms with E-state index in [0.717, 1.165) is 34.7 Å². The summed E-state index contributed by atoms with van der Waals surface area (Å²) in [5.74, 6) is -0.186. The first-order valence-corrected chi connectivity index (χ1v) is 10.7. The summed E-state index contributed by atoms with van der Waals surface area (Å²) in [5.41, 5.74) is 1.75. The molecule has 1 aliphatic rings. The highest BCUT2D eigenvalue weighted by Gasteiger charge is 2.19. The second-order valence-corrected chi connectivity index (χ2v) is 8.55. The van der Waals surface area contributed by atoms with Crippen molar-refractivity contribution < 1.29 is 14.6 Å². The highest BCUT2D eigenvalue weighted by atomic mass is 35.5. The Bertz CT molecular complexity index is 995. The van der Waals surface area contributed by atoms with E-state index in [1.807, 2.05) is 41.9 Å². The van der Waals surface area contributed by atoms with Crippen molar-refractivity contribution in [3.63, 3.8) is 0 Å². The smallest absolute Gasteiger partial charge is 0.261 e. The number of morpholine rings is 1. The molecular weight excluding hydrogens is 412 g/mol. The molecule has 1 saturated heterocycles. The maximum absolute atomic E-state index is 12.6. The SMILES string of the molecule is Cc1nn(-c2ccc(Cl)cc2)c2sc(C(=O)NCC(O)CN3CCOCC3)cc12. The lowest BCUT2D eigenvalue weighted by Crippen LogP contribution is -2.44. The Labute approximate surface area is 177 Å². The second kappa shape index (κ2) is 8.81. The van der Waals surface area contributed by atoms with Crippen LogP contribution in [-0.2, 0) is 4.74 Å². The molecule has 2 N–H and O–H groups in total. The van der Waals surface area contributed by atoms with Gasteiger partial charge in [-0.25, -0.2) is 4.68 Å². The van der Waals surface area contributed by atoms with Crippen LogP contribution in [0.1, 0.15) is 15.4 Å². The van der Waals surface area contributed by atoms with Gasteiger partial charge in [-0.2, -0.15) is 5.10 Å². The molecule has 9 heteroatoms. The number of hydrogen-bond acceptors (Lipinski definition) is 6. The number of thiophene rings is 1. The summed E-state index contributed by atoms with van der Waals surface area (Å²) in [6, 6.07) is 9.29. The standard InChI is InChI=1S/C20H23ClN4O3S/c1-13-17-10-18(19(27)22-11-16(26)12-24-6-8-28-9-7-24)29-20(17)25(23-13)15-4-2-14(21)3-5-15/h2-5,10,16,26H,6-9,11-12H2,1H3,(H,22,27). The van der Waals surface area contributed by atoms with Crippen molar-refractivity contribution in [2.45, 2.75) is 13.0 Å². The fraction of sp³-hybridized carbons (Fsp3) is 0.400. The van der Waals surface area contributed by atoms with Gasteiger partial charge in [0.15, 0.2) is 0 Å². The third kappa shape index (κ3) is 4.62. The number of aliphatic hydroxyl groups excluding tert-OH is 1. The number of β-amino-alcohol motifs (C(OH)–C–C–N with tert-alkyl or cyclic N) is 1. The van der Waals surface area contributed by atoms with Gasteiger partial charge in [0.25, 0.3) is 5.91 Å². The topological polar surface area (TPSA) is 79.6 Å². The monoisotopic (exact) mass is 434 g/mol. The largest absolute Gasteiger partial charge is 0.390 e. The van der Waals surface area contributed by atoms with Crippen molar-refractivity contribution in [3.05, 3.63) is 45.9 Å². The van der Waals surface area contributed by atoms with Crippen LogP contribution in [0.25, 0.3) is 15.9 Å². The molecule has 0 saturated carbocycles. The van der Waals surface area contributed by atoms with Crippen LogP contribution in [0.5, 0.6) is 0 Å². The van der Waals surface area contributed by atoms with Crippen molar-refractivity contribution in [1.29, 1.82) is 0 Å². The third-order valence-corrected chi connectivity index (χ3v) is 6.27. The van der Waals surface area contributed by atoms with Crippen molar-refractivity contribution in [2.24, 2.45) is 0 Å². The number of hydrogen-bond donors (Lipinski definition) is 2. The molecule has 3 aromatic rings. The van der Waals surface area contributed by atoms with Crippen LogP contribution in [0, 0.1) is 6.92 Å². The Kier molecular flexibility index (Phi) is 6.17. The number of carbonyl (C=O) groups is 1. The molecule has 0 aliphatic carbocycles. The van der Waals surface area contributed by atoms with E-state index in [-0.39, 0.29) is 12.5 Å². The summed E-state index contributed by atoms with van der Waals surface area (Å²) in [5, 5.41) is 19.3. The zero-order valence-electron chi connectivity index (χ0n) is 16.1. The van der Waals surface area contributed by atoms with E-state index in [2.05, 4.69) is 15.3 Å². The van der Waals surface area contributed by atoms with Crippen molar-refractivity contribution in [3.8, 4) is 5.69 Å². The average Bonchev–Trinajstić information content (AvgIpc) is 3.28. The van der Waals surface area contributed by atoms with E-state index in [1.54, 1.807) is 0 Å². The maximum Gasteiger partial charge on any atom is 0.261 e. The van der Waals surface area contributed by atoms with Crippen molar-refractivity contribution >= 4 is 39.1 Å². The highest BCUT2D eigenvalue weighted by Crippen LogP contribution is 2.30. The van der Waals surface area contributed by atoms with Crippen LogP contribution in [0.15, 0.2) is 30.3 Å². The van der Waals surface area contributed by atoms with Gasteiger partial charge >= 0.3 is 0 Å². The summed E-state index contributed by atoms with van der Waals surface area (Å²) < 4.78 is 7.14. The molecular formula is C20H23ClN4O3S. The lowest BCUT2D eigenvalue weighted by Gasteiger charge is -2.28. The van der Waals surface area contributed by atoms with E-state index < -0.39 is 6.10 Å². The van der Waals surface area contributed by atoms with Gasteiger partial charge in [0.05, 0.1) is 35.6 Å². The summed E-state index contributed by atoms with van der Waals surface area (Å²) in [6.07, 6.45) is -0.613. The average molecular weight is 435 g/mol. The number of nitrogens with zero attached hydrogens (tertiary/aromatic N) is 3. The van der Waals surface area contributed by atoms with Gasteiger partial charge in [-0.15, -0.1) is 11.3 Å². The van der Waals surface area contributed by atoms with Gasteiger partial charge in [-0.1, -0.05) is 11.6 Å². The molecule has 29 heavy (non-hydrogen) atoms. The highest BCUT2D eigenvalue weighted by molar-refractivity contribution is 7.20. The molecule has 1 fully saturated rings. The number of aryl methyl sites for hydroxylation is 1. The summed E-state index contributed by atoms with van der Waals surface area (Å²) >= 11 is 7.37. The minimum Gasteiger partial charge on any atom is -0.390 e. The Morgan fingerprint density at radius 3 is 2.79 bits per heavy atom. The van der Waals surface area contributed by atoms with Crippen molar-refractivity contribution in [2.75, 3.05) is 39.4 Å². The van der Waals surface area contributed by atoms with Crippen LogP contribution in [0.3, 0.4) is 0 Å². The summed E-state index contributed by atoms with van der Waals surface area (Å²) in [6.45, 7) is 5.65. The lowest BCUT2D eigenvalue weighted by molar-refractivity contribution is 0.0149. The Morgan fingerprint density at radius 1 is 1.34 bits per heavy atom. The van der Waals surface area contributed by atoms with Crippen LogP contribution >= 0.6 is 22.9 Å². The summed E-state index contributed by atoms with van der Waals surface area (Å²) in [4.78, 5) is 16.3. The number of rotatable bonds is 6. The predicted molar refractivity (Wildman–Crippen MR) is 114 cm³/mol. The molecule has 1 aromatic carbocycles. The zero-order valence-corrected chi connectivity index (χ0v) is 17.7. The van der Waals surface area contributed by atoms with E-state index in [1.165, 1.54) is 11.3 Å².